The molecule has 2 aliphatic heterocycles. The van der Waals surface area contributed by atoms with Gasteiger partial charge in [0.1, 0.15) is 22.1 Å². The lowest BCUT2D eigenvalue weighted by molar-refractivity contribution is -0.127. The van der Waals surface area contributed by atoms with Crippen LogP contribution in [-0.4, -0.2) is 54.6 Å². The molecule has 0 radical (unpaired) electrons. The smallest absolute Gasteiger partial charge is 0.271 e. The normalized spacial score (nSPS) is 17.4. The zero-order valence-corrected chi connectivity index (χ0v) is 25.2. The highest BCUT2D eigenvalue weighted by Crippen LogP contribution is 2.39. The molecule has 0 unspecified atom stereocenters. The summed E-state index contributed by atoms with van der Waals surface area (Å²) in [6.45, 7) is 10.5. The number of allylic oxidation sites excluding steroid dienone is 1. The van der Waals surface area contributed by atoms with Crippen LogP contribution < -0.4 is 29.3 Å². The molecule has 0 saturated heterocycles. The zero-order valence-electron chi connectivity index (χ0n) is 24.3. The number of amides is 2. The Labute approximate surface area is 242 Å². The Balaban J connectivity index is 1.87. The van der Waals surface area contributed by atoms with Crippen LogP contribution in [0.15, 0.2) is 63.5 Å². The van der Waals surface area contributed by atoms with Gasteiger partial charge in [-0.3, -0.25) is 19.0 Å². The zero-order chi connectivity index (χ0) is 29.6. The van der Waals surface area contributed by atoms with Crippen LogP contribution in [0.5, 0.6) is 11.5 Å². The number of nitrogens with zero attached hydrogens (tertiary/aromatic N) is 4. The highest BCUT2D eigenvalue weighted by atomic mass is 32.1. The number of carbonyl (C=O) groups is 2. The third kappa shape index (κ3) is 4.46. The van der Waals surface area contributed by atoms with Gasteiger partial charge in [0.15, 0.2) is 4.80 Å². The van der Waals surface area contributed by atoms with Crippen LogP contribution in [-0.2, 0) is 9.59 Å². The number of benzene rings is 2. The van der Waals surface area contributed by atoms with Gasteiger partial charge in [-0.15, -0.1) is 0 Å². The second-order valence-corrected chi connectivity index (χ2v) is 11.1. The van der Waals surface area contributed by atoms with Crippen LogP contribution in [0, 0.1) is 0 Å². The van der Waals surface area contributed by atoms with Crippen LogP contribution >= 0.6 is 11.3 Å². The van der Waals surface area contributed by atoms with E-state index in [2.05, 4.69) is 0 Å². The van der Waals surface area contributed by atoms with Crippen LogP contribution in [0.3, 0.4) is 0 Å². The quantitative estimate of drug-likeness (QED) is 0.432. The predicted molar refractivity (Wildman–Crippen MR) is 159 cm³/mol. The number of carbonyl (C=O) groups excluding carboxylic acids is 2. The molecule has 0 fully saturated rings. The summed E-state index contributed by atoms with van der Waals surface area (Å²) in [6, 6.07) is 11.9. The number of fused-ring (bicyclic) bond motifs is 2. The molecule has 41 heavy (non-hydrogen) atoms. The lowest BCUT2D eigenvalue weighted by atomic mass is 9.93. The minimum atomic E-state index is -0.841. The molecule has 3 heterocycles. The lowest BCUT2D eigenvalue weighted by Crippen LogP contribution is -2.43. The average Bonchev–Trinajstić information content (AvgIpc) is 3.44. The molecule has 2 aliphatic rings. The van der Waals surface area contributed by atoms with E-state index in [0.29, 0.717) is 61.9 Å². The fourth-order valence-electron chi connectivity index (χ4n) is 5.65. The third-order valence-electron chi connectivity index (χ3n) is 7.62. The first-order valence-corrected chi connectivity index (χ1v) is 14.5. The molecular formula is C31H34N4O5S. The maximum atomic E-state index is 14.5. The molecule has 0 N–H and O–H groups in total. The number of likely N-dealkylation sites (N-methyl/N-ethyl adjacent to an activating group) is 1. The van der Waals surface area contributed by atoms with Crippen LogP contribution in [0.1, 0.15) is 51.8 Å². The van der Waals surface area contributed by atoms with Crippen LogP contribution in [0.4, 0.5) is 5.69 Å². The maximum Gasteiger partial charge on any atom is 0.271 e. The van der Waals surface area contributed by atoms with Gasteiger partial charge in [-0.1, -0.05) is 29.5 Å². The summed E-state index contributed by atoms with van der Waals surface area (Å²) in [6.07, 6.45) is 0. The number of aromatic nitrogens is 1. The molecule has 2 aromatic carbocycles. The summed E-state index contributed by atoms with van der Waals surface area (Å²) in [5.41, 5.74) is 2.94. The second-order valence-electron chi connectivity index (χ2n) is 10.1. The van der Waals surface area contributed by atoms with Gasteiger partial charge in [-0.2, -0.15) is 0 Å². The molecular weight excluding hydrogens is 540 g/mol. The van der Waals surface area contributed by atoms with Crippen molar-refractivity contribution >= 4 is 34.4 Å². The molecule has 2 amide bonds. The molecule has 0 bridgehead atoms. The van der Waals surface area contributed by atoms with Gasteiger partial charge in [0, 0.05) is 30.3 Å². The summed E-state index contributed by atoms with van der Waals surface area (Å²) >= 11 is 1.17. The van der Waals surface area contributed by atoms with E-state index in [1.54, 1.807) is 49.1 Å². The van der Waals surface area contributed by atoms with E-state index in [4.69, 9.17) is 14.5 Å². The fraction of sp³-hybridized carbons (Fsp3) is 0.355. The van der Waals surface area contributed by atoms with Crippen molar-refractivity contribution in [3.63, 3.8) is 0 Å². The Morgan fingerprint density at radius 1 is 1.07 bits per heavy atom. The molecule has 0 spiro atoms. The van der Waals surface area contributed by atoms with E-state index in [1.165, 1.54) is 15.9 Å². The van der Waals surface area contributed by atoms with Crippen molar-refractivity contribution in [3.05, 3.63) is 84.5 Å². The molecule has 5 rings (SSSR count). The second kappa shape index (κ2) is 11.0. The molecule has 1 atom stereocenters. The highest BCUT2D eigenvalue weighted by molar-refractivity contribution is 7.07. The third-order valence-corrected chi connectivity index (χ3v) is 8.67. The Morgan fingerprint density at radius 2 is 1.78 bits per heavy atom. The molecule has 3 aromatic rings. The number of thiazole rings is 1. The number of methoxy groups -OCH3 is 2. The van der Waals surface area contributed by atoms with Gasteiger partial charge in [0.05, 0.1) is 36.8 Å². The summed E-state index contributed by atoms with van der Waals surface area (Å²) in [5.74, 6) is 0.624. The Bertz CT molecular complexity index is 1760. The molecule has 9 nitrogen and oxygen atoms in total. The number of hydrogen-bond acceptors (Lipinski definition) is 7. The van der Waals surface area contributed by atoms with Gasteiger partial charge in [-0.05, 0) is 58.9 Å². The lowest BCUT2D eigenvalue weighted by Gasteiger charge is -2.30. The molecule has 10 heteroatoms. The number of ether oxygens (including phenoxy) is 2. The van der Waals surface area contributed by atoms with Crippen LogP contribution in [0.25, 0.3) is 5.57 Å². The summed E-state index contributed by atoms with van der Waals surface area (Å²) < 4.78 is 13.1. The molecule has 0 saturated carbocycles. The topological polar surface area (TPSA) is 93.4 Å². The van der Waals surface area contributed by atoms with Crippen molar-refractivity contribution in [2.24, 2.45) is 4.99 Å². The molecule has 214 valence electrons. The average molecular weight is 575 g/mol. The van der Waals surface area contributed by atoms with E-state index >= 15 is 0 Å². The van der Waals surface area contributed by atoms with Crippen molar-refractivity contribution in [1.29, 1.82) is 0 Å². The minimum Gasteiger partial charge on any atom is -0.497 e. The first kappa shape index (κ1) is 28.4. The van der Waals surface area contributed by atoms with Gasteiger partial charge < -0.3 is 19.3 Å². The van der Waals surface area contributed by atoms with Gasteiger partial charge >= 0.3 is 0 Å². The van der Waals surface area contributed by atoms with E-state index in [1.807, 2.05) is 52.0 Å². The van der Waals surface area contributed by atoms with Crippen molar-refractivity contribution in [3.8, 4) is 11.5 Å². The van der Waals surface area contributed by atoms with Gasteiger partial charge in [0.25, 0.3) is 17.4 Å². The SMILES string of the molecule is CCN(CC)C(=O)C1=C(C)N=c2s/c(=C3\C(=O)N(C(C)C)c4ccccc43)c(=O)n2[C@H]1c1cc(OC)ccc1OC. The summed E-state index contributed by atoms with van der Waals surface area (Å²) in [5, 5.41) is 0. The summed E-state index contributed by atoms with van der Waals surface area (Å²) in [7, 11) is 3.11. The van der Waals surface area contributed by atoms with E-state index < -0.39 is 6.04 Å². The number of hydrogen-bond donors (Lipinski definition) is 0. The van der Waals surface area contributed by atoms with Crippen molar-refractivity contribution < 1.29 is 19.1 Å². The summed E-state index contributed by atoms with van der Waals surface area (Å²) in [4.78, 5) is 50.9. The van der Waals surface area contributed by atoms with Crippen molar-refractivity contribution in [2.75, 3.05) is 32.2 Å². The molecule has 0 aliphatic carbocycles. The Morgan fingerprint density at radius 3 is 2.41 bits per heavy atom. The van der Waals surface area contributed by atoms with Gasteiger partial charge in [0.2, 0.25) is 0 Å². The highest BCUT2D eigenvalue weighted by Gasteiger charge is 2.39. The maximum absolute atomic E-state index is 14.5. The minimum absolute atomic E-state index is 0.0980. The van der Waals surface area contributed by atoms with E-state index in [9.17, 15) is 14.4 Å². The van der Waals surface area contributed by atoms with Gasteiger partial charge in [-0.25, -0.2) is 4.99 Å². The number of anilines is 1. The molecule has 1 aromatic heterocycles. The monoisotopic (exact) mass is 574 g/mol. The van der Waals surface area contributed by atoms with E-state index in [0.717, 1.165) is 5.69 Å². The number of para-hydroxylation sites is 1. The standard InChI is InChI=1S/C31H34N4O5S/c1-8-33(9-2)28(36)24-18(5)32-31-35(26(24)21-16-19(39-6)14-15-23(21)40-7)30(38)27(41-31)25-20-12-10-11-13-22(20)34(17(3)4)29(25)37/h10-17,26H,8-9H2,1-7H3/b27-25-/t26-/m0/s1. The van der Waals surface area contributed by atoms with Crippen molar-refractivity contribution in [2.45, 2.75) is 46.7 Å². The van der Waals surface area contributed by atoms with Crippen molar-refractivity contribution in [1.82, 2.24) is 9.47 Å². The first-order chi connectivity index (χ1) is 19.7. The Kier molecular flexibility index (Phi) is 7.61. The first-order valence-electron chi connectivity index (χ1n) is 13.7. The largest absolute Gasteiger partial charge is 0.497 e. The Hall–Kier alpha value is -4.18. The number of rotatable bonds is 7. The predicted octanol–water partition coefficient (Wildman–Crippen LogP) is 3.25. The fourth-order valence-corrected chi connectivity index (χ4v) is 6.78. The van der Waals surface area contributed by atoms with E-state index in [-0.39, 0.29) is 23.4 Å². The van der Waals surface area contributed by atoms with Crippen LogP contribution in [0.2, 0.25) is 0 Å².